The van der Waals surface area contributed by atoms with Crippen molar-refractivity contribution in [2.45, 2.75) is 31.9 Å². The molecule has 0 saturated carbocycles. The van der Waals surface area contributed by atoms with Crippen molar-refractivity contribution in [3.63, 3.8) is 0 Å². The molecule has 0 aromatic carbocycles. The average Bonchev–Trinajstić information content (AvgIpc) is 2.75. The molecule has 0 radical (unpaired) electrons. The van der Waals surface area contributed by atoms with E-state index in [9.17, 15) is 9.90 Å². The fourth-order valence-electron chi connectivity index (χ4n) is 2.33. The summed E-state index contributed by atoms with van der Waals surface area (Å²) >= 11 is 1.41. The molecule has 112 valence electrons. The first kappa shape index (κ1) is 15.4. The number of amides is 1. The maximum Gasteiger partial charge on any atom is 0.223 e. The van der Waals surface area contributed by atoms with Gasteiger partial charge in [-0.2, -0.15) is 0 Å². The zero-order valence-electron chi connectivity index (χ0n) is 11.9. The highest BCUT2D eigenvalue weighted by Crippen LogP contribution is 2.22. The van der Waals surface area contributed by atoms with Crippen molar-refractivity contribution in [2.75, 3.05) is 32.1 Å². The highest BCUT2D eigenvalue weighted by Gasteiger charge is 2.31. The van der Waals surface area contributed by atoms with Gasteiger partial charge in [-0.25, -0.2) is 4.98 Å². The van der Waals surface area contributed by atoms with E-state index in [1.165, 1.54) is 18.3 Å². The molecule has 1 aliphatic rings. The van der Waals surface area contributed by atoms with Crippen LogP contribution in [0.25, 0.3) is 0 Å². The van der Waals surface area contributed by atoms with E-state index in [-0.39, 0.29) is 5.91 Å². The summed E-state index contributed by atoms with van der Waals surface area (Å²) in [6.07, 6.45) is 1.34. The monoisotopic (exact) mass is 299 g/mol. The number of carbonyl (C=O) groups excluding carboxylic acids is 1. The van der Waals surface area contributed by atoms with Gasteiger partial charge in [-0.05, 0) is 7.05 Å². The Morgan fingerprint density at radius 1 is 1.60 bits per heavy atom. The molecule has 1 aromatic heterocycles. The van der Waals surface area contributed by atoms with E-state index in [2.05, 4.69) is 15.2 Å². The number of hydrogen-bond donors (Lipinski definition) is 2. The van der Waals surface area contributed by atoms with Gasteiger partial charge in [0.15, 0.2) is 5.13 Å². The van der Waals surface area contributed by atoms with Crippen LogP contribution in [0.4, 0.5) is 5.13 Å². The summed E-state index contributed by atoms with van der Waals surface area (Å²) in [7, 11) is 1.96. The summed E-state index contributed by atoms with van der Waals surface area (Å²) in [5, 5.41) is 15.7. The van der Waals surface area contributed by atoms with E-state index in [0.717, 1.165) is 5.69 Å². The van der Waals surface area contributed by atoms with Crippen molar-refractivity contribution in [1.82, 2.24) is 9.88 Å². The van der Waals surface area contributed by atoms with Crippen LogP contribution in [0.3, 0.4) is 0 Å². The molecule has 20 heavy (non-hydrogen) atoms. The van der Waals surface area contributed by atoms with E-state index in [0.29, 0.717) is 44.3 Å². The predicted octanol–water partition coefficient (Wildman–Crippen LogP) is 1.07. The molecular formula is C13H21N3O3S. The Kier molecular flexibility index (Phi) is 5.09. The van der Waals surface area contributed by atoms with Gasteiger partial charge in [-0.15, -0.1) is 11.3 Å². The Labute approximate surface area is 122 Å². The van der Waals surface area contributed by atoms with E-state index in [1.807, 2.05) is 12.4 Å². The van der Waals surface area contributed by atoms with Gasteiger partial charge in [0.2, 0.25) is 5.91 Å². The van der Waals surface area contributed by atoms with Crippen molar-refractivity contribution >= 4 is 22.4 Å². The zero-order valence-corrected chi connectivity index (χ0v) is 12.7. The number of aromatic nitrogens is 1. The maximum atomic E-state index is 10.9. The van der Waals surface area contributed by atoms with Gasteiger partial charge in [0.1, 0.15) is 0 Å². The largest absolute Gasteiger partial charge is 0.388 e. The first-order valence-corrected chi connectivity index (χ1v) is 7.55. The molecule has 7 heteroatoms. The van der Waals surface area contributed by atoms with Crippen LogP contribution in [0.5, 0.6) is 0 Å². The minimum absolute atomic E-state index is 0.115. The van der Waals surface area contributed by atoms with E-state index >= 15 is 0 Å². The van der Waals surface area contributed by atoms with Crippen molar-refractivity contribution in [2.24, 2.45) is 0 Å². The number of anilines is 1. The SMILES string of the molecule is CC(=O)Nc1nc(CN(C)CC2(O)CCOCC2)cs1. The minimum atomic E-state index is -0.663. The molecule has 1 amide bonds. The fourth-order valence-corrected chi connectivity index (χ4v) is 3.08. The predicted molar refractivity (Wildman–Crippen MR) is 77.8 cm³/mol. The van der Waals surface area contributed by atoms with Crippen LogP contribution in [0.1, 0.15) is 25.5 Å². The molecule has 1 aromatic rings. The molecule has 0 spiro atoms. The van der Waals surface area contributed by atoms with Crippen molar-refractivity contribution in [3.05, 3.63) is 11.1 Å². The number of rotatable bonds is 5. The number of nitrogens with zero attached hydrogens (tertiary/aromatic N) is 2. The number of aliphatic hydroxyl groups is 1. The Bertz CT molecular complexity index is 457. The second kappa shape index (κ2) is 6.62. The molecule has 0 aliphatic carbocycles. The summed E-state index contributed by atoms with van der Waals surface area (Å²) in [6, 6.07) is 0. The van der Waals surface area contributed by atoms with Crippen LogP contribution in [0.2, 0.25) is 0 Å². The molecule has 1 aliphatic heterocycles. The van der Waals surface area contributed by atoms with Gasteiger partial charge < -0.3 is 15.2 Å². The lowest BCUT2D eigenvalue weighted by Gasteiger charge is -2.35. The minimum Gasteiger partial charge on any atom is -0.388 e. The van der Waals surface area contributed by atoms with Crippen LogP contribution in [0.15, 0.2) is 5.38 Å². The van der Waals surface area contributed by atoms with Crippen LogP contribution in [0, 0.1) is 0 Å². The smallest absolute Gasteiger partial charge is 0.223 e. The Morgan fingerprint density at radius 3 is 2.95 bits per heavy atom. The van der Waals surface area contributed by atoms with Crippen LogP contribution >= 0.6 is 11.3 Å². The van der Waals surface area contributed by atoms with Crippen LogP contribution < -0.4 is 5.32 Å². The Balaban J connectivity index is 1.85. The maximum absolute atomic E-state index is 10.9. The first-order valence-electron chi connectivity index (χ1n) is 6.67. The molecule has 0 atom stereocenters. The standard InChI is InChI=1S/C13H21N3O3S/c1-10(17)14-12-15-11(8-20-12)7-16(2)9-13(18)3-5-19-6-4-13/h8,18H,3-7,9H2,1-2H3,(H,14,15,17). The summed E-state index contributed by atoms with van der Waals surface area (Å²) < 4.78 is 5.28. The van der Waals surface area contributed by atoms with Gasteiger partial charge in [-0.1, -0.05) is 0 Å². The molecule has 1 saturated heterocycles. The highest BCUT2D eigenvalue weighted by atomic mass is 32.1. The Hall–Kier alpha value is -1.02. The van der Waals surface area contributed by atoms with Crippen molar-refractivity contribution in [3.8, 4) is 0 Å². The van der Waals surface area contributed by atoms with Crippen molar-refractivity contribution < 1.29 is 14.6 Å². The molecule has 1 fully saturated rings. The lowest BCUT2D eigenvalue weighted by molar-refractivity contribution is -0.114. The fraction of sp³-hybridized carbons (Fsp3) is 0.692. The van der Waals surface area contributed by atoms with Gasteiger partial charge >= 0.3 is 0 Å². The second-order valence-corrected chi connectivity index (χ2v) is 6.19. The zero-order chi connectivity index (χ0) is 14.6. The second-order valence-electron chi connectivity index (χ2n) is 5.33. The molecular weight excluding hydrogens is 278 g/mol. The summed E-state index contributed by atoms with van der Waals surface area (Å²) in [6.45, 7) is 3.96. The summed E-state index contributed by atoms with van der Waals surface area (Å²) in [4.78, 5) is 17.3. The molecule has 2 N–H and O–H groups in total. The third-order valence-corrected chi connectivity index (χ3v) is 4.06. The first-order chi connectivity index (χ1) is 9.47. The summed E-state index contributed by atoms with van der Waals surface area (Å²) in [5.74, 6) is -0.115. The van der Waals surface area contributed by atoms with Crippen LogP contribution in [-0.4, -0.2) is 53.3 Å². The van der Waals surface area contributed by atoms with Gasteiger partial charge in [0, 0.05) is 51.4 Å². The van der Waals surface area contributed by atoms with E-state index in [1.54, 1.807) is 0 Å². The summed E-state index contributed by atoms with van der Waals surface area (Å²) in [5.41, 5.74) is 0.237. The molecule has 2 rings (SSSR count). The van der Waals surface area contributed by atoms with Gasteiger partial charge in [-0.3, -0.25) is 9.69 Å². The number of thiazole rings is 1. The topological polar surface area (TPSA) is 74.7 Å². The van der Waals surface area contributed by atoms with Crippen molar-refractivity contribution in [1.29, 1.82) is 0 Å². The number of ether oxygens (including phenoxy) is 1. The van der Waals surface area contributed by atoms with E-state index < -0.39 is 5.60 Å². The molecule has 2 heterocycles. The van der Waals surface area contributed by atoms with Gasteiger partial charge in [0.25, 0.3) is 0 Å². The van der Waals surface area contributed by atoms with Crippen LogP contribution in [-0.2, 0) is 16.1 Å². The number of hydrogen-bond acceptors (Lipinski definition) is 6. The number of carbonyl (C=O) groups is 1. The highest BCUT2D eigenvalue weighted by molar-refractivity contribution is 7.13. The quantitative estimate of drug-likeness (QED) is 0.851. The molecule has 6 nitrogen and oxygen atoms in total. The lowest BCUT2D eigenvalue weighted by atomic mass is 9.94. The molecule has 0 unspecified atom stereocenters. The molecule has 0 bridgehead atoms. The number of nitrogens with one attached hydrogen (secondary N) is 1. The number of likely N-dealkylation sites (N-methyl/N-ethyl adjacent to an activating group) is 1. The van der Waals surface area contributed by atoms with Gasteiger partial charge in [0.05, 0.1) is 11.3 Å². The third-order valence-electron chi connectivity index (χ3n) is 3.25. The average molecular weight is 299 g/mol. The third kappa shape index (κ3) is 4.52. The van der Waals surface area contributed by atoms with E-state index in [4.69, 9.17) is 4.74 Å². The Morgan fingerprint density at radius 2 is 2.30 bits per heavy atom. The lowest BCUT2D eigenvalue weighted by Crippen LogP contribution is -2.45. The normalized spacial score (nSPS) is 18.2.